The van der Waals surface area contributed by atoms with Crippen LogP contribution in [0, 0.1) is 11.6 Å². The summed E-state index contributed by atoms with van der Waals surface area (Å²) in [5, 5.41) is 2.52. The van der Waals surface area contributed by atoms with Crippen LogP contribution in [0.1, 0.15) is 32.8 Å². The molecule has 20 heavy (non-hydrogen) atoms. The number of amides is 3. The molecular formula is C14H16F2N2O2. The van der Waals surface area contributed by atoms with Crippen molar-refractivity contribution in [3.63, 3.8) is 0 Å². The van der Waals surface area contributed by atoms with Crippen molar-refractivity contribution in [3.8, 4) is 0 Å². The van der Waals surface area contributed by atoms with Gasteiger partial charge in [0.05, 0.1) is 0 Å². The summed E-state index contributed by atoms with van der Waals surface area (Å²) in [5.74, 6) is -2.07. The van der Waals surface area contributed by atoms with E-state index < -0.39 is 29.1 Å². The number of hydrogen-bond donors (Lipinski definition) is 1. The number of nitrogens with one attached hydrogen (secondary N) is 1. The normalized spacial score (nSPS) is 23.9. The Bertz CT molecular complexity index is 556. The Morgan fingerprint density at radius 1 is 1.25 bits per heavy atom. The molecule has 1 aliphatic heterocycles. The molecule has 0 aliphatic carbocycles. The molecule has 1 aromatic carbocycles. The van der Waals surface area contributed by atoms with E-state index in [-0.39, 0.29) is 11.6 Å². The molecule has 0 radical (unpaired) electrons. The zero-order valence-electron chi connectivity index (χ0n) is 11.5. The van der Waals surface area contributed by atoms with Gasteiger partial charge < -0.3 is 5.32 Å². The molecular weight excluding hydrogens is 266 g/mol. The molecule has 1 fully saturated rings. The van der Waals surface area contributed by atoms with E-state index in [1.807, 2.05) is 6.92 Å². The fourth-order valence-electron chi connectivity index (χ4n) is 2.28. The van der Waals surface area contributed by atoms with Crippen LogP contribution in [0.15, 0.2) is 18.2 Å². The first-order chi connectivity index (χ1) is 9.29. The minimum atomic E-state index is -1.44. The van der Waals surface area contributed by atoms with Crippen LogP contribution in [-0.2, 0) is 10.3 Å². The van der Waals surface area contributed by atoms with Crippen molar-refractivity contribution in [1.82, 2.24) is 10.2 Å². The van der Waals surface area contributed by atoms with E-state index in [0.717, 1.165) is 23.1 Å². The number of halogens is 2. The van der Waals surface area contributed by atoms with Crippen molar-refractivity contribution in [1.29, 1.82) is 0 Å². The molecule has 1 unspecified atom stereocenters. The summed E-state index contributed by atoms with van der Waals surface area (Å²) in [7, 11) is 0. The maximum Gasteiger partial charge on any atom is 0.325 e. The van der Waals surface area contributed by atoms with Gasteiger partial charge in [-0.1, -0.05) is 6.92 Å². The second kappa shape index (κ2) is 4.85. The second-order valence-electron chi connectivity index (χ2n) is 5.15. The predicted molar refractivity (Wildman–Crippen MR) is 68.8 cm³/mol. The molecule has 1 saturated heterocycles. The van der Waals surface area contributed by atoms with Gasteiger partial charge in [-0.25, -0.2) is 13.6 Å². The summed E-state index contributed by atoms with van der Waals surface area (Å²) in [6.45, 7) is 5.04. The van der Waals surface area contributed by atoms with Crippen molar-refractivity contribution in [2.45, 2.75) is 38.8 Å². The van der Waals surface area contributed by atoms with Gasteiger partial charge in [-0.3, -0.25) is 9.69 Å². The van der Waals surface area contributed by atoms with Crippen molar-refractivity contribution in [2.75, 3.05) is 0 Å². The van der Waals surface area contributed by atoms with Crippen LogP contribution in [0.4, 0.5) is 13.6 Å². The highest BCUT2D eigenvalue weighted by molar-refractivity contribution is 6.07. The van der Waals surface area contributed by atoms with Crippen molar-refractivity contribution >= 4 is 11.9 Å². The number of carbonyl (C=O) groups is 2. The van der Waals surface area contributed by atoms with Crippen LogP contribution < -0.4 is 5.32 Å². The molecule has 1 aliphatic rings. The first-order valence-electron chi connectivity index (χ1n) is 6.42. The second-order valence-corrected chi connectivity index (χ2v) is 5.15. The van der Waals surface area contributed by atoms with Gasteiger partial charge in [0.25, 0.3) is 5.91 Å². The molecule has 1 N–H and O–H groups in total. The van der Waals surface area contributed by atoms with Crippen LogP contribution in [0.2, 0.25) is 0 Å². The van der Waals surface area contributed by atoms with E-state index in [4.69, 9.17) is 0 Å². The number of rotatable bonds is 3. The summed E-state index contributed by atoms with van der Waals surface area (Å²) in [4.78, 5) is 25.5. The lowest BCUT2D eigenvalue weighted by atomic mass is 9.91. The Kier molecular flexibility index (Phi) is 3.50. The highest BCUT2D eigenvalue weighted by Gasteiger charge is 2.50. The molecule has 2 rings (SSSR count). The Morgan fingerprint density at radius 2 is 1.80 bits per heavy atom. The quantitative estimate of drug-likeness (QED) is 0.866. The first kappa shape index (κ1) is 14.4. The minimum absolute atomic E-state index is 0.0964. The fourth-order valence-corrected chi connectivity index (χ4v) is 2.28. The lowest BCUT2D eigenvalue weighted by Gasteiger charge is -2.24. The largest absolute Gasteiger partial charge is 0.325 e. The van der Waals surface area contributed by atoms with Crippen LogP contribution in [0.3, 0.4) is 0 Å². The summed E-state index contributed by atoms with van der Waals surface area (Å²) in [6.07, 6.45) is 0.604. The zero-order valence-corrected chi connectivity index (χ0v) is 11.5. The smallest absolute Gasteiger partial charge is 0.319 e. The summed E-state index contributed by atoms with van der Waals surface area (Å²) < 4.78 is 26.6. The van der Waals surface area contributed by atoms with Gasteiger partial charge >= 0.3 is 6.03 Å². The molecule has 2 atom stereocenters. The van der Waals surface area contributed by atoms with Gasteiger partial charge in [-0.15, -0.1) is 0 Å². The van der Waals surface area contributed by atoms with Crippen LogP contribution in [0.5, 0.6) is 0 Å². The highest BCUT2D eigenvalue weighted by Crippen LogP contribution is 2.31. The van der Waals surface area contributed by atoms with E-state index in [9.17, 15) is 18.4 Å². The lowest BCUT2D eigenvalue weighted by molar-refractivity contribution is -0.132. The number of benzene rings is 1. The first-order valence-corrected chi connectivity index (χ1v) is 6.42. The minimum Gasteiger partial charge on any atom is -0.319 e. The number of urea groups is 1. The Labute approximate surface area is 115 Å². The monoisotopic (exact) mass is 282 g/mol. The molecule has 4 nitrogen and oxygen atoms in total. The highest BCUT2D eigenvalue weighted by atomic mass is 19.1. The number of hydrogen-bond acceptors (Lipinski definition) is 2. The van der Waals surface area contributed by atoms with Crippen molar-refractivity contribution in [2.24, 2.45) is 0 Å². The van der Waals surface area contributed by atoms with E-state index in [0.29, 0.717) is 6.42 Å². The van der Waals surface area contributed by atoms with E-state index in [2.05, 4.69) is 5.32 Å². The van der Waals surface area contributed by atoms with Crippen LogP contribution in [-0.4, -0.2) is 22.9 Å². The molecule has 3 amide bonds. The number of nitrogens with zero attached hydrogens (tertiary/aromatic N) is 1. The van der Waals surface area contributed by atoms with Crippen LogP contribution in [0.25, 0.3) is 0 Å². The SMILES string of the molecule is CC[C@@H](C)N1C(=O)NC(C)(c2cc(F)cc(F)c2)C1=O. The molecule has 108 valence electrons. The third-order valence-corrected chi connectivity index (χ3v) is 3.69. The topological polar surface area (TPSA) is 49.4 Å². The van der Waals surface area contributed by atoms with E-state index in [1.54, 1.807) is 6.92 Å². The molecule has 0 aromatic heterocycles. The summed E-state index contributed by atoms with van der Waals surface area (Å²) in [5.41, 5.74) is -1.34. The maximum absolute atomic E-state index is 13.3. The van der Waals surface area contributed by atoms with Crippen LogP contribution >= 0.6 is 0 Å². The molecule has 0 bridgehead atoms. The summed E-state index contributed by atoms with van der Waals surface area (Å²) in [6, 6.07) is 2.02. The average Bonchev–Trinajstić information content (AvgIpc) is 2.59. The van der Waals surface area contributed by atoms with E-state index in [1.165, 1.54) is 6.92 Å². The van der Waals surface area contributed by atoms with Gasteiger partial charge in [0.2, 0.25) is 0 Å². The molecule has 6 heteroatoms. The Morgan fingerprint density at radius 3 is 2.30 bits per heavy atom. The zero-order chi connectivity index (χ0) is 15.1. The number of imide groups is 1. The lowest BCUT2D eigenvalue weighted by Crippen LogP contribution is -2.42. The van der Waals surface area contributed by atoms with Gasteiger partial charge in [-0.05, 0) is 38.0 Å². The van der Waals surface area contributed by atoms with Gasteiger partial charge in [0, 0.05) is 12.1 Å². The molecule has 1 heterocycles. The number of carbonyl (C=O) groups excluding carboxylic acids is 2. The van der Waals surface area contributed by atoms with Gasteiger partial charge in [0.15, 0.2) is 0 Å². The Hall–Kier alpha value is -1.98. The Balaban J connectivity index is 2.46. The molecule has 1 aromatic rings. The third kappa shape index (κ3) is 2.15. The fraction of sp³-hybridized carbons (Fsp3) is 0.429. The summed E-state index contributed by atoms with van der Waals surface area (Å²) >= 11 is 0. The predicted octanol–water partition coefficient (Wildman–Crippen LogP) is 2.53. The van der Waals surface area contributed by atoms with Crippen molar-refractivity contribution < 1.29 is 18.4 Å². The standard InChI is InChI=1S/C14H16F2N2O2/c1-4-8(2)18-12(19)14(3,17-13(18)20)9-5-10(15)7-11(16)6-9/h5-8H,4H2,1-3H3,(H,17,20)/t8-,14?/m1/s1. The van der Waals surface area contributed by atoms with E-state index >= 15 is 0 Å². The maximum atomic E-state index is 13.3. The van der Waals surface area contributed by atoms with Gasteiger partial charge in [0.1, 0.15) is 17.2 Å². The average molecular weight is 282 g/mol. The van der Waals surface area contributed by atoms with Crippen molar-refractivity contribution in [3.05, 3.63) is 35.4 Å². The third-order valence-electron chi connectivity index (χ3n) is 3.69. The van der Waals surface area contributed by atoms with Gasteiger partial charge in [-0.2, -0.15) is 0 Å². The molecule has 0 spiro atoms. The molecule has 0 saturated carbocycles.